The number of halogens is 1. The van der Waals surface area contributed by atoms with E-state index in [0.717, 1.165) is 38.5 Å². The van der Waals surface area contributed by atoms with Crippen LogP contribution in [0.3, 0.4) is 0 Å². The molecule has 53 heavy (non-hydrogen) atoms. The zero-order valence-corrected chi connectivity index (χ0v) is 33.4. The maximum absolute atomic E-state index is 11.0. The van der Waals surface area contributed by atoms with Gasteiger partial charge in [0, 0.05) is 24.1 Å². The first-order chi connectivity index (χ1) is 25.2. The molecule has 9 nitrogen and oxygen atoms in total. The lowest BCUT2D eigenvalue weighted by molar-refractivity contribution is 0.311. The van der Waals surface area contributed by atoms with E-state index in [1.54, 1.807) is 20.5 Å². The Kier molecular flexibility index (Phi) is 18.7. The predicted octanol–water partition coefficient (Wildman–Crippen LogP) is 6.54. The number of benzene rings is 5. The molecule has 0 unspecified atom stereocenters. The molecule has 0 saturated carbocycles. The van der Waals surface area contributed by atoms with Gasteiger partial charge in [-0.15, -0.1) is 0 Å². The summed E-state index contributed by atoms with van der Waals surface area (Å²) in [5, 5.41) is 36.6. The second-order valence-electron chi connectivity index (χ2n) is 12.6. The summed E-state index contributed by atoms with van der Waals surface area (Å²) in [6, 6.07) is 40.2. The van der Waals surface area contributed by atoms with E-state index in [1.165, 1.54) is 22.3 Å². The molecule has 0 heterocycles. The Morgan fingerprint density at radius 3 is 1.38 bits per heavy atom. The minimum atomic E-state index is -3.44. The first kappa shape index (κ1) is 43.8. The van der Waals surface area contributed by atoms with Crippen molar-refractivity contribution in [3.63, 3.8) is 0 Å². The van der Waals surface area contributed by atoms with Crippen molar-refractivity contribution in [2.45, 2.75) is 53.6 Å². The van der Waals surface area contributed by atoms with Gasteiger partial charge in [-0.3, -0.25) is 4.18 Å². The fourth-order valence-electron chi connectivity index (χ4n) is 5.02. The molecule has 5 rings (SSSR count). The minimum absolute atomic E-state index is 0.0321. The van der Waals surface area contributed by atoms with Crippen LogP contribution in [0.2, 0.25) is 20.5 Å². The number of nitrogens with one attached hydrogen (secondary N) is 3. The quantitative estimate of drug-likeness (QED) is 0.0546. The zero-order chi connectivity index (χ0) is 38.8. The summed E-state index contributed by atoms with van der Waals surface area (Å²) in [5.74, 6) is 0. The fourth-order valence-corrected chi connectivity index (χ4v) is 5.79. The normalized spacial score (nSPS) is 10.7. The van der Waals surface area contributed by atoms with Crippen molar-refractivity contribution in [1.82, 2.24) is 15.7 Å². The van der Waals surface area contributed by atoms with E-state index in [9.17, 15) is 18.5 Å². The van der Waals surface area contributed by atoms with E-state index in [0.29, 0.717) is 19.6 Å². The zero-order valence-electron chi connectivity index (χ0n) is 31.0. The van der Waals surface area contributed by atoms with Crippen LogP contribution in [0.25, 0.3) is 22.3 Å². The first-order valence-corrected chi connectivity index (χ1v) is 20.0. The van der Waals surface area contributed by atoms with Crippen LogP contribution in [0.4, 0.5) is 0 Å². The van der Waals surface area contributed by atoms with E-state index >= 15 is 0 Å². The number of aryl methyl sites for hydroxylation is 1. The molecule has 5 aromatic carbocycles. The Balaban J connectivity index is 0.000000225. The molecule has 6 N–H and O–H groups in total. The lowest BCUT2D eigenvalue weighted by Gasteiger charge is -2.12. The third-order valence-corrected chi connectivity index (χ3v) is 9.14. The van der Waals surface area contributed by atoms with E-state index in [2.05, 4.69) is 74.9 Å². The van der Waals surface area contributed by atoms with Gasteiger partial charge in [0.05, 0.1) is 12.9 Å². The van der Waals surface area contributed by atoms with Crippen molar-refractivity contribution in [2.24, 2.45) is 0 Å². The molecule has 0 fully saturated rings. The Hall–Kier alpha value is -3.56. The summed E-state index contributed by atoms with van der Waals surface area (Å²) in [6.07, 6.45) is 1.03. The summed E-state index contributed by atoms with van der Waals surface area (Å²) < 4.78 is 27.9. The largest absolute Gasteiger partial charge is 0.437 e. The third kappa shape index (κ3) is 17.0. The van der Waals surface area contributed by atoms with Crippen molar-refractivity contribution in [1.29, 1.82) is 0 Å². The van der Waals surface area contributed by atoms with Gasteiger partial charge in [0.25, 0.3) is 10.1 Å². The van der Waals surface area contributed by atoms with Crippen molar-refractivity contribution in [3.8, 4) is 22.3 Å². The van der Waals surface area contributed by atoms with Gasteiger partial charge in [-0.2, -0.15) is 8.42 Å². The van der Waals surface area contributed by atoms with Gasteiger partial charge in [0.15, 0.2) is 0 Å². The molecule has 14 heteroatoms. The van der Waals surface area contributed by atoms with Crippen LogP contribution in [-0.2, 0) is 40.5 Å². The van der Waals surface area contributed by atoms with Crippen molar-refractivity contribution >= 4 is 47.2 Å². The molecule has 0 aliphatic carbocycles. The van der Waals surface area contributed by atoms with Crippen molar-refractivity contribution in [2.75, 3.05) is 6.26 Å². The van der Waals surface area contributed by atoms with Crippen molar-refractivity contribution in [3.05, 3.63) is 154 Å². The van der Waals surface area contributed by atoms with Gasteiger partial charge in [-0.1, -0.05) is 137 Å². The molecule has 278 valence electrons. The van der Waals surface area contributed by atoms with Gasteiger partial charge in [-0.05, 0) is 78.0 Å². The Bertz CT molecular complexity index is 1930. The Morgan fingerprint density at radius 1 is 0.585 bits per heavy atom. The fraction of sp³-hybridized carbons (Fsp3) is 0.231. The SMILES string of the molecule is CB(O)NCc1ccccc1-c1ccc(C)cc1.CB(O)NCc1ccccc1-c1ccc(COS(C)(=O)=O)cc1.CB(O)NCc1ccccc1Br. The average Bonchev–Trinajstić information content (AvgIpc) is 3.13. The van der Waals surface area contributed by atoms with Crippen LogP contribution in [0, 0.1) is 6.92 Å². The molecule has 0 amide bonds. The molecule has 0 aromatic heterocycles. The maximum atomic E-state index is 11.0. The lowest BCUT2D eigenvalue weighted by Crippen LogP contribution is -2.29. The lowest BCUT2D eigenvalue weighted by atomic mass is 9.88. The molecule has 0 radical (unpaired) electrons. The maximum Gasteiger partial charge on any atom is 0.373 e. The summed E-state index contributed by atoms with van der Waals surface area (Å²) in [6.45, 7) is 9.15. The van der Waals surface area contributed by atoms with Crippen LogP contribution in [-0.4, -0.2) is 50.9 Å². The summed E-state index contributed by atoms with van der Waals surface area (Å²) in [4.78, 5) is 0. The van der Waals surface area contributed by atoms with Crippen LogP contribution in [0.5, 0.6) is 0 Å². The highest BCUT2D eigenvalue weighted by molar-refractivity contribution is 9.10. The van der Waals surface area contributed by atoms with Crippen LogP contribution < -0.4 is 15.7 Å². The Morgan fingerprint density at radius 2 is 0.962 bits per heavy atom. The topological polar surface area (TPSA) is 140 Å². The third-order valence-electron chi connectivity index (χ3n) is 7.82. The average molecular weight is 800 g/mol. The second-order valence-corrected chi connectivity index (χ2v) is 15.1. The molecular weight excluding hydrogens is 751 g/mol. The van der Waals surface area contributed by atoms with Gasteiger partial charge in [0.2, 0.25) is 0 Å². The van der Waals surface area contributed by atoms with E-state index in [4.69, 9.17) is 9.21 Å². The molecule has 0 aliphatic heterocycles. The van der Waals surface area contributed by atoms with Gasteiger partial charge in [-0.25, -0.2) is 0 Å². The number of hydrogen-bond acceptors (Lipinski definition) is 9. The molecule has 0 atom stereocenters. The van der Waals surface area contributed by atoms with Crippen molar-refractivity contribution < 1.29 is 27.7 Å². The van der Waals surface area contributed by atoms with Crippen LogP contribution in [0.1, 0.15) is 27.8 Å². The molecule has 0 saturated heterocycles. The second kappa shape index (κ2) is 22.6. The minimum Gasteiger partial charge on any atom is -0.437 e. The summed E-state index contributed by atoms with van der Waals surface area (Å²) >= 11 is 3.42. The Labute approximate surface area is 324 Å². The monoisotopic (exact) mass is 799 g/mol. The van der Waals surface area contributed by atoms with Gasteiger partial charge < -0.3 is 30.8 Å². The molecule has 0 spiro atoms. The van der Waals surface area contributed by atoms with Crippen LogP contribution in [0.15, 0.2) is 126 Å². The highest BCUT2D eigenvalue weighted by Gasteiger charge is 2.09. The number of rotatable bonds is 14. The van der Waals surface area contributed by atoms with E-state index < -0.39 is 31.3 Å². The standard InChI is InChI=1S/C16H20BNO4S.C15H18BNO.C8H11BBrNO/c1-17(19)18-11-15-5-3-4-6-16(15)14-9-7-13(8-10-14)12-22-23(2,20)21;1-12-7-9-13(10-8-12)15-6-4-3-5-14(15)11-17-16(2)18;1-9(12)11-6-7-4-2-3-5-8(7)10/h3-10,18-19H,11-12H2,1-2H3;3-10,17-18H,11H2,1-2H3;2-5,11-12H,6H2,1H3. The highest BCUT2D eigenvalue weighted by Crippen LogP contribution is 2.25. The summed E-state index contributed by atoms with van der Waals surface area (Å²) in [5.41, 5.74) is 9.99. The smallest absolute Gasteiger partial charge is 0.373 e. The molecular formula is C39H49B3BrN3O6S. The number of hydrogen-bond donors (Lipinski definition) is 6. The molecule has 5 aromatic rings. The summed E-state index contributed by atoms with van der Waals surface area (Å²) in [7, 11) is -4.96. The first-order valence-electron chi connectivity index (χ1n) is 17.4. The molecule has 0 aliphatic rings. The van der Waals surface area contributed by atoms with Crippen LogP contribution >= 0.6 is 15.9 Å². The van der Waals surface area contributed by atoms with E-state index in [-0.39, 0.29) is 6.61 Å². The van der Waals surface area contributed by atoms with E-state index in [1.807, 2.05) is 84.9 Å². The predicted molar refractivity (Wildman–Crippen MR) is 224 cm³/mol. The molecule has 0 bridgehead atoms. The van der Waals surface area contributed by atoms with Gasteiger partial charge >= 0.3 is 21.2 Å². The highest BCUT2D eigenvalue weighted by atomic mass is 79.9. The van der Waals surface area contributed by atoms with Gasteiger partial charge in [0.1, 0.15) is 0 Å².